The highest BCUT2D eigenvalue weighted by Gasteiger charge is 2.02. The highest BCUT2D eigenvalue weighted by molar-refractivity contribution is 5.25. The van der Waals surface area contributed by atoms with Crippen molar-refractivity contribution in [2.24, 2.45) is 0 Å². The first-order valence-corrected chi connectivity index (χ1v) is 6.58. The van der Waals surface area contributed by atoms with Gasteiger partial charge >= 0.3 is 0 Å². The fourth-order valence-corrected chi connectivity index (χ4v) is 2.15. The van der Waals surface area contributed by atoms with Gasteiger partial charge in [0.05, 0.1) is 0 Å². The minimum atomic E-state index is 0.602. The summed E-state index contributed by atoms with van der Waals surface area (Å²) in [6.07, 6.45) is 2.14. The molecule has 0 amide bonds. The van der Waals surface area contributed by atoms with Crippen LogP contribution in [0.3, 0.4) is 0 Å². The van der Waals surface area contributed by atoms with Crippen molar-refractivity contribution in [3.05, 3.63) is 59.4 Å². The maximum absolute atomic E-state index is 3.20. The Labute approximate surface area is 110 Å². The van der Waals surface area contributed by atoms with Crippen LogP contribution in [0.5, 0.6) is 0 Å². The van der Waals surface area contributed by atoms with Crippen molar-refractivity contribution in [2.75, 3.05) is 7.05 Å². The zero-order valence-corrected chi connectivity index (χ0v) is 11.5. The Bertz CT molecular complexity index is 480. The number of nitrogens with zero attached hydrogens (tertiary/aromatic N) is 1. The summed E-state index contributed by atoms with van der Waals surface area (Å²) in [4.78, 5) is 0. The van der Waals surface area contributed by atoms with E-state index in [9.17, 15) is 0 Å². The lowest BCUT2D eigenvalue weighted by Gasteiger charge is -2.10. The molecule has 0 aliphatic carbocycles. The third-order valence-electron chi connectivity index (χ3n) is 3.28. The largest absolute Gasteiger partial charge is 0.346 e. The molecule has 0 unspecified atom stereocenters. The molecule has 1 N–H and O–H groups in total. The van der Waals surface area contributed by atoms with Gasteiger partial charge in [0.2, 0.25) is 0 Å². The van der Waals surface area contributed by atoms with Crippen molar-refractivity contribution in [1.82, 2.24) is 9.88 Å². The molecule has 2 rings (SSSR count). The van der Waals surface area contributed by atoms with E-state index >= 15 is 0 Å². The van der Waals surface area contributed by atoms with Gasteiger partial charge in [-0.05, 0) is 36.2 Å². The predicted molar refractivity (Wildman–Crippen MR) is 76.8 cm³/mol. The Morgan fingerprint density at radius 3 is 2.44 bits per heavy atom. The minimum Gasteiger partial charge on any atom is -0.346 e. The molecule has 0 aliphatic rings. The molecule has 0 aliphatic heterocycles. The van der Waals surface area contributed by atoms with Crippen LogP contribution in [0.2, 0.25) is 0 Å². The highest BCUT2D eigenvalue weighted by atomic mass is 15.0. The van der Waals surface area contributed by atoms with Crippen LogP contribution in [0.4, 0.5) is 0 Å². The third kappa shape index (κ3) is 3.02. The van der Waals surface area contributed by atoms with Crippen molar-refractivity contribution in [2.45, 2.75) is 32.9 Å². The lowest BCUT2D eigenvalue weighted by molar-refractivity contribution is 0.693. The molecule has 2 aromatic rings. The second-order valence-corrected chi connectivity index (χ2v) is 5.05. The topological polar surface area (TPSA) is 17.0 Å². The first-order chi connectivity index (χ1) is 8.70. The molecule has 18 heavy (non-hydrogen) atoms. The minimum absolute atomic E-state index is 0.602. The van der Waals surface area contributed by atoms with Crippen LogP contribution in [-0.4, -0.2) is 11.6 Å². The number of hydrogen-bond donors (Lipinski definition) is 1. The highest BCUT2D eigenvalue weighted by Crippen LogP contribution is 2.16. The SMILES string of the molecule is CNCc1cccn1Cc1ccc(C(C)C)cc1. The van der Waals surface area contributed by atoms with Crippen molar-refractivity contribution in [3.8, 4) is 0 Å². The van der Waals surface area contributed by atoms with E-state index in [4.69, 9.17) is 0 Å². The van der Waals surface area contributed by atoms with E-state index in [-0.39, 0.29) is 0 Å². The Kier molecular flexibility index (Phi) is 4.21. The maximum Gasteiger partial charge on any atom is 0.0473 e. The summed E-state index contributed by atoms with van der Waals surface area (Å²) in [5.41, 5.74) is 4.08. The van der Waals surface area contributed by atoms with Gasteiger partial charge in [-0.1, -0.05) is 38.1 Å². The van der Waals surface area contributed by atoms with Gasteiger partial charge in [-0.3, -0.25) is 0 Å². The summed E-state index contributed by atoms with van der Waals surface area (Å²) >= 11 is 0. The zero-order valence-electron chi connectivity index (χ0n) is 11.5. The molecule has 0 bridgehead atoms. The van der Waals surface area contributed by atoms with Gasteiger partial charge in [-0.25, -0.2) is 0 Å². The van der Waals surface area contributed by atoms with E-state index in [2.05, 4.69) is 66.3 Å². The van der Waals surface area contributed by atoms with Crippen molar-refractivity contribution < 1.29 is 0 Å². The number of benzene rings is 1. The molecule has 0 radical (unpaired) electrons. The van der Waals surface area contributed by atoms with E-state index in [1.54, 1.807) is 0 Å². The normalized spacial score (nSPS) is 11.1. The molecule has 2 heteroatoms. The molecule has 1 aromatic heterocycles. The molecular weight excluding hydrogens is 220 g/mol. The number of rotatable bonds is 5. The molecule has 1 aromatic carbocycles. The summed E-state index contributed by atoms with van der Waals surface area (Å²) < 4.78 is 2.29. The summed E-state index contributed by atoms with van der Waals surface area (Å²) in [6, 6.07) is 13.2. The molecule has 0 saturated carbocycles. The fraction of sp³-hybridized carbons (Fsp3) is 0.375. The van der Waals surface area contributed by atoms with Crippen LogP contribution >= 0.6 is 0 Å². The molecule has 0 atom stereocenters. The lowest BCUT2D eigenvalue weighted by atomic mass is 10.0. The number of hydrogen-bond acceptors (Lipinski definition) is 1. The second kappa shape index (κ2) is 5.87. The van der Waals surface area contributed by atoms with Crippen molar-refractivity contribution in [3.63, 3.8) is 0 Å². The van der Waals surface area contributed by atoms with Crippen LogP contribution in [0, 0.1) is 0 Å². The van der Waals surface area contributed by atoms with E-state index in [1.165, 1.54) is 16.8 Å². The summed E-state index contributed by atoms with van der Waals surface area (Å²) in [7, 11) is 1.98. The average Bonchev–Trinajstić information content (AvgIpc) is 2.78. The first kappa shape index (κ1) is 12.9. The van der Waals surface area contributed by atoms with Crippen LogP contribution < -0.4 is 5.32 Å². The van der Waals surface area contributed by atoms with E-state index < -0.39 is 0 Å². The summed E-state index contributed by atoms with van der Waals surface area (Å²) in [6.45, 7) is 6.32. The molecule has 0 fully saturated rings. The molecule has 2 nitrogen and oxygen atoms in total. The molecule has 96 valence electrons. The second-order valence-electron chi connectivity index (χ2n) is 5.05. The van der Waals surface area contributed by atoms with Crippen molar-refractivity contribution in [1.29, 1.82) is 0 Å². The van der Waals surface area contributed by atoms with Gasteiger partial charge in [0.1, 0.15) is 0 Å². The van der Waals surface area contributed by atoms with E-state index in [1.807, 2.05) is 7.05 Å². The van der Waals surface area contributed by atoms with Gasteiger partial charge < -0.3 is 9.88 Å². The molecular formula is C16H22N2. The summed E-state index contributed by atoms with van der Waals surface area (Å²) in [5.74, 6) is 0.602. The third-order valence-corrected chi connectivity index (χ3v) is 3.28. The maximum atomic E-state index is 3.20. The first-order valence-electron chi connectivity index (χ1n) is 6.58. The van der Waals surface area contributed by atoms with E-state index in [0.717, 1.165) is 13.1 Å². The van der Waals surface area contributed by atoms with Crippen LogP contribution in [0.25, 0.3) is 0 Å². The number of aromatic nitrogens is 1. The smallest absolute Gasteiger partial charge is 0.0473 e. The average molecular weight is 242 g/mol. The predicted octanol–water partition coefficient (Wildman–Crippen LogP) is 3.38. The van der Waals surface area contributed by atoms with Gasteiger partial charge in [0.15, 0.2) is 0 Å². The Hall–Kier alpha value is -1.54. The Morgan fingerprint density at radius 2 is 1.83 bits per heavy atom. The standard InChI is InChI=1S/C16H22N2/c1-13(2)15-8-6-14(7-9-15)12-18-10-4-5-16(18)11-17-3/h4-10,13,17H,11-12H2,1-3H3. The lowest BCUT2D eigenvalue weighted by Crippen LogP contribution is -2.11. The van der Waals surface area contributed by atoms with Gasteiger partial charge in [-0.2, -0.15) is 0 Å². The van der Waals surface area contributed by atoms with Crippen LogP contribution in [-0.2, 0) is 13.1 Å². The van der Waals surface area contributed by atoms with Crippen LogP contribution in [0.1, 0.15) is 36.6 Å². The summed E-state index contributed by atoms with van der Waals surface area (Å²) in [5, 5.41) is 3.20. The monoisotopic (exact) mass is 242 g/mol. The van der Waals surface area contributed by atoms with Gasteiger partial charge in [0, 0.05) is 25.0 Å². The van der Waals surface area contributed by atoms with Crippen molar-refractivity contribution >= 4 is 0 Å². The fourth-order valence-electron chi connectivity index (χ4n) is 2.15. The molecule has 0 spiro atoms. The van der Waals surface area contributed by atoms with Gasteiger partial charge in [0.25, 0.3) is 0 Å². The molecule has 1 heterocycles. The quantitative estimate of drug-likeness (QED) is 0.850. The Balaban J connectivity index is 2.11. The number of nitrogens with one attached hydrogen (secondary N) is 1. The van der Waals surface area contributed by atoms with Gasteiger partial charge in [-0.15, -0.1) is 0 Å². The zero-order chi connectivity index (χ0) is 13.0. The van der Waals surface area contributed by atoms with Crippen LogP contribution in [0.15, 0.2) is 42.6 Å². The van der Waals surface area contributed by atoms with E-state index in [0.29, 0.717) is 5.92 Å². The molecule has 0 saturated heterocycles. The Morgan fingerprint density at radius 1 is 1.11 bits per heavy atom.